The zero-order chi connectivity index (χ0) is 35.7. The highest BCUT2D eigenvalue weighted by molar-refractivity contribution is 5.81. The number of carbonyl (C=O) groups excluding carboxylic acids is 2. The van der Waals surface area contributed by atoms with Crippen molar-refractivity contribution in [3.05, 3.63) is 12.2 Å². The maximum absolute atomic E-state index is 13.1. The summed E-state index contributed by atoms with van der Waals surface area (Å²) in [6.45, 7) is 24.6. The average molecular weight is 670 g/mol. The SMILES string of the molecule is C=C(C)[C@@H]1CCC2(CCOC(=O)CCC)CC[C@@]3(C)[C@]4(C)CC[C@H]5C(C)(C)[C@@H](OC(=O)CC(C)(C)C(=O)O)CC[C@]5(C)[C@H]4CC[C@]3(N)[C@@H]12. The van der Waals surface area contributed by atoms with E-state index in [4.69, 9.17) is 15.2 Å². The van der Waals surface area contributed by atoms with Crippen molar-refractivity contribution in [3.63, 3.8) is 0 Å². The Labute approximate surface area is 290 Å². The van der Waals surface area contributed by atoms with Crippen LogP contribution in [0.15, 0.2) is 12.2 Å². The number of carboxylic acids is 1. The van der Waals surface area contributed by atoms with Gasteiger partial charge in [-0.05, 0) is 143 Å². The predicted octanol–water partition coefficient (Wildman–Crippen LogP) is 8.87. The van der Waals surface area contributed by atoms with E-state index < -0.39 is 17.4 Å². The Balaban J connectivity index is 1.41. The van der Waals surface area contributed by atoms with Crippen LogP contribution < -0.4 is 5.73 Å². The lowest BCUT2D eigenvalue weighted by molar-refractivity contribution is -0.257. The molecule has 0 aromatic heterocycles. The van der Waals surface area contributed by atoms with E-state index in [0.717, 1.165) is 77.0 Å². The Morgan fingerprint density at radius 2 is 1.56 bits per heavy atom. The summed E-state index contributed by atoms with van der Waals surface area (Å²) in [4.78, 5) is 37.1. The third kappa shape index (κ3) is 5.50. The zero-order valence-corrected chi connectivity index (χ0v) is 31.8. The first-order valence-electron chi connectivity index (χ1n) is 19.2. The Morgan fingerprint density at radius 3 is 2.19 bits per heavy atom. The molecule has 5 aliphatic rings. The van der Waals surface area contributed by atoms with Gasteiger partial charge in [-0.25, -0.2) is 0 Å². The van der Waals surface area contributed by atoms with Crippen LogP contribution in [0.2, 0.25) is 0 Å². The standard InChI is InChI=1S/C41H67NO6/c1-11-12-31(43)47-24-23-40-19-13-27(26(2)3)33(40)41(42)20-15-29-37(8)17-16-30(48-32(44)25-35(4,5)34(45)46)36(6,7)28(37)14-18-38(29,9)39(41,10)21-22-40/h27-30,33H,2,11-25,42H2,1,3-10H3,(H,45,46)/t27-,28-,29+,30-,33-,37-,38+,39-,40?,41-/m0/s1. The highest BCUT2D eigenvalue weighted by atomic mass is 16.5. The van der Waals surface area contributed by atoms with Crippen LogP contribution in [0.4, 0.5) is 0 Å². The predicted molar refractivity (Wildman–Crippen MR) is 189 cm³/mol. The van der Waals surface area contributed by atoms with E-state index in [0.29, 0.717) is 36.7 Å². The molecule has 0 spiro atoms. The van der Waals surface area contributed by atoms with Crippen molar-refractivity contribution in [2.75, 3.05) is 6.61 Å². The van der Waals surface area contributed by atoms with Gasteiger partial charge in [-0.3, -0.25) is 14.4 Å². The molecule has 48 heavy (non-hydrogen) atoms. The Hall–Kier alpha value is -1.89. The quantitative estimate of drug-likeness (QED) is 0.176. The first-order chi connectivity index (χ1) is 22.1. The van der Waals surface area contributed by atoms with Crippen LogP contribution in [0.5, 0.6) is 0 Å². The Morgan fingerprint density at radius 1 is 0.896 bits per heavy atom. The van der Waals surface area contributed by atoms with Gasteiger partial charge in [-0.15, -0.1) is 0 Å². The molecule has 5 aliphatic carbocycles. The molecule has 5 fully saturated rings. The lowest BCUT2D eigenvalue weighted by Gasteiger charge is -2.75. The zero-order valence-electron chi connectivity index (χ0n) is 31.8. The number of hydrogen-bond donors (Lipinski definition) is 2. The van der Waals surface area contributed by atoms with Gasteiger partial charge in [-0.1, -0.05) is 53.7 Å². The van der Waals surface area contributed by atoms with E-state index in [1.165, 1.54) is 5.57 Å². The first-order valence-corrected chi connectivity index (χ1v) is 19.2. The van der Waals surface area contributed by atoms with Crippen molar-refractivity contribution < 1.29 is 29.0 Å². The molecular weight excluding hydrogens is 602 g/mol. The molecule has 7 nitrogen and oxygen atoms in total. The second-order valence-electron chi connectivity index (χ2n) is 19.2. The average Bonchev–Trinajstić information content (AvgIpc) is 3.37. The number of rotatable bonds is 10. The third-order valence-electron chi connectivity index (χ3n) is 16.2. The van der Waals surface area contributed by atoms with Gasteiger partial charge in [-0.2, -0.15) is 0 Å². The molecule has 10 atom stereocenters. The van der Waals surface area contributed by atoms with Crippen LogP contribution in [-0.2, 0) is 23.9 Å². The number of ether oxygens (including phenoxy) is 2. The fourth-order valence-electron chi connectivity index (χ4n) is 13.3. The topological polar surface area (TPSA) is 116 Å². The summed E-state index contributed by atoms with van der Waals surface area (Å²) in [5, 5.41) is 9.59. The van der Waals surface area contributed by atoms with Gasteiger partial charge < -0.3 is 20.3 Å². The van der Waals surface area contributed by atoms with Crippen LogP contribution in [0.1, 0.15) is 152 Å². The van der Waals surface area contributed by atoms with Gasteiger partial charge in [0.05, 0.1) is 18.4 Å². The van der Waals surface area contributed by atoms with E-state index in [1.807, 2.05) is 6.92 Å². The highest BCUT2D eigenvalue weighted by Crippen LogP contribution is 2.78. The van der Waals surface area contributed by atoms with Crippen molar-refractivity contribution in [1.82, 2.24) is 0 Å². The molecule has 0 heterocycles. The number of esters is 2. The summed E-state index contributed by atoms with van der Waals surface area (Å²) in [6.07, 6.45) is 12.4. The summed E-state index contributed by atoms with van der Waals surface area (Å²) in [5.41, 5.74) is 7.78. The molecule has 7 heteroatoms. The second kappa shape index (κ2) is 12.4. The molecule has 3 N–H and O–H groups in total. The normalized spacial score (nSPS) is 43.2. The maximum atomic E-state index is 13.1. The molecule has 0 amide bonds. The monoisotopic (exact) mass is 669 g/mol. The summed E-state index contributed by atoms with van der Waals surface area (Å²) in [6, 6.07) is 0. The van der Waals surface area contributed by atoms with Gasteiger partial charge in [0.2, 0.25) is 0 Å². The third-order valence-corrected chi connectivity index (χ3v) is 16.2. The molecule has 1 unspecified atom stereocenters. The molecule has 0 aliphatic heterocycles. The van der Waals surface area contributed by atoms with Crippen LogP contribution in [0.25, 0.3) is 0 Å². The minimum Gasteiger partial charge on any atom is -0.481 e. The van der Waals surface area contributed by atoms with Gasteiger partial charge in [0.25, 0.3) is 0 Å². The fraction of sp³-hybridized carbons (Fsp3) is 0.878. The molecule has 272 valence electrons. The number of nitrogens with two attached hydrogens (primary N) is 1. The molecule has 0 saturated heterocycles. The lowest BCUT2D eigenvalue weighted by Crippen LogP contribution is -2.76. The Kier molecular flexibility index (Phi) is 9.66. The Bertz CT molecular complexity index is 1310. The van der Waals surface area contributed by atoms with Crippen molar-refractivity contribution in [3.8, 4) is 0 Å². The summed E-state index contributed by atoms with van der Waals surface area (Å²) < 4.78 is 11.9. The molecular formula is C41H67NO6. The minimum atomic E-state index is -1.15. The second-order valence-corrected chi connectivity index (χ2v) is 19.2. The van der Waals surface area contributed by atoms with Crippen molar-refractivity contribution in [1.29, 1.82) is 0 Å². The fourth-order valence-corrected chi connectivity index (χ4v) is 13.3. The van der Waals surface area contributed by atoms with Crippen molar-refractivity contribution in [2.45, 2.75) is 164 Å². The van der Waals surface area contributed by atoms with E-state index in [-0.39, 0.29) is 51.1 Å². The van der Waals surface area contributed by atoms with Gasteiger partial charge in [0, 0.05) is 17.4 Å². The summed E-state index contributed by atoms with van der Waals surface area (Å²) in [5.74, 6) is 0.158. The van der Waals surface area contributed by atoms with Gasteiger partial charge in [0.1, 0.15) is 6.10 Å². The van der Waals surface area contributed by atoms with Crippen LogP contribution in [0, 0.1) is 56.2 Å². The number of fused-ring (bicyclic) bond motifs is 7. The van der Waals surface area contributed by atoms with Crippen LogP contribution >= 0.6 is 0 Å². The van der Waals surface area contributed by atoms with Crippen LogP contribution in [0.3, 0.4) is 0 Å². The summed E-state index contributed by atoms with van der Waals surface area (Å²) >= 11 is 0. The number of allylic oxidation sites excluding steroid dienone is 1. The molecule has 0 radical (unpaired) electrons. The number of hydrogen-bond acceptors (Lipinski definition) is 6. The highest BCUT2D eigenvalue weighted by Gasteiger charge is 2.75. The maximum Gasteiger partial charge on any atom is 0.309 e. The first kappa shape index (κ1) is 37.4. The molecule has 5 saturated carbocycles. The van der Waals surface area contributed by atoms with Crippen molar-refractivity contribution >= 4 is 17.9 Å². The molecule has 0 bridgehead atoms. The minimum absolute atomic E-state index is 0.0438. The molecule has 5 rings (SSSR count). The number of carbonyl (C=O) groups is 3. The van der Waals surface area contributed by atoms with E-state index >= 15 is 0 Å². The van der Waals surface area contributed by atoms with E-state index in [2.05, 4.69) is 48.1 Å². The van der Waals surface area contributed by atoms with E-state index in [1.54, 1.807) is 13.8 Å². The van der Waals surface area contributed by atoms with Gasteiger partial charge >= 0.3 is 17.9 Å². The number of aliphatic carboxylic acids is 1. The lowest BCUT2D eigenvalue weighted by atomic mass is 9.30. The molecule has 0 aromatic carbocycles. The largest absolute Gasteiger partial charge is 0.481 e. The summed E-state index contributed by atoms with van der Waals surface area (Å²) in [7, 11) is 0. The number of carboxylic acid groups (broad SMARTS) is 1. The van der Waals surface area contributed by atoms with Crippen LogP contribution in [-0.4, -0.2) is 41.3 Å². The smallest absolute Gasteiger partial charge is 0.309 e. The van der Waals surface area contributed by atoms with E-state index in [9.17, 15) is 19.5 Å². The van der Waals surface area contributed by atoms with Gasteiger partial charge in [0.15, 0.2) is 0 Å². The van der Waals surface area contributed by atoms with Crippen molar-refractivity contribution in [2.24, 2.45) is 61.9 Å². The molecule has 0 aromatic rings.